The van der Waals surface area contributed by atoms with Gasteiger partial charge in [0.2, 0.25) is 5.43 Å². The number of amides is 1. The second kappa shape index (κ2) is 10.2. The minimum atomic E-state index is -4.85. The number of halogens is 4. The Kier molecular flexibility index (Phi) is 7.76. The van der Waals surface area contributed by atoms with Gasteiger partial charge in [-0.05, 0) is 70.2 Å². The maximum Gasteiger partial charge on any atom is 0.418 e. The summed E-state index contributed by atoms with van der Waals surface area (Å²) in [7, 11) is -4.56. The van der Waals surface area contributed by atoms with E-state index in [0.717, 1.165) is 30.3 Å². The van der Waals surface area contributed by atoms with Crippen molar-refractivity contribution >= 4 is 33.5 Å². The molecular formula is C24H21ClF3N3O6S. The highest BCUT2D eigenvalue weighted by atomic mass is 35.5. The van der Waals surface area contributed by atoms with Crippen molar-refractivity contribution in [3.05, 3.63) is 86.3 Å². The molecule has 3 rings (SSSR count). The van der Waals surface area contributed by atoms with E-state index in [0.29, 0.717) is 10.7 Å². The van der Waals surface area contributed by atoms with Gasteiger partial charge in [0.1, 0.15) is 5.60 Å². The summed E-state index contributed by atoms with van der Waals surface area (Å²) in [6, 6.07) is 8.09. The van der Waals surface area contributed by atoms with Gasteiger partial charge in [-0.25, -0.2) is 22.6 Å². The third kappa shape index (κ3) is 6.58. The third-order valence-electron chi connectivity index (χ3n) is 4.84. The Morgan fingerprint density at radius 2 is 1.63 bits per heavy atom. The molecule has 0 saturated carbocycles. The van der Waals surface area contributed by atoms with Crippen molar-refractivity contribution in [3.8, 4) is 5.69 Å². The van der Waals surface area contributed by atoms with Crippen LogP contribution in [0.15, 0.2) is 58.2 Å². The molecular weight excluding hydrogens is 551 g/mol. The van der Waals surface area contributed by atoms with Crippen molar-refractivity contribution in [1.29, 1.82) is 0 Å². The molecule has 1 heterocycles. The summed E-state index contributed by atoms with van der Waals surface area (Å²) < 4.78 is 73.8. The summed E-state index contributed by atoms with van der Waals surface area (Å²) in [6.45, 7) is 6.25. The fraction of sp³-hybridized carbons (Fsp3) is 0.250. The van der Waals surface area contributed by atoms with E-state index in [1.165, 1.54) is 19.1 Å². The standard InChI is InChI=1S/C24H21ClF3N3O6S/c1-13-11-19(32)20(29-31(13)18-10-7-15(25)12-17(18)24(26,27)28)21(33)30-38(35,36)16-8-5-14(6-9-16)22(34)37-23(2,3)4/h5-12H,1-4H3,(H,30,33). The van der Waals surface area contributed by atoms with Crippen molar-refractivity contribution in [2.45, 2.75) is 44.4 Å². The van der Waals surface area contributed by atoms with Crippen molar-refractivity contribution in [2.24, 2.45) is 0 Å². The Morgan fingerprint density at radius 1 is 1.03 bits per heavy atom. The molecule has 3 aromatic rings. The Labute approximate surface area is 220 Å². The smallest absolute Gasteiger partial charge is 0.418 e. The minimum absolute atomic E-state index is 0.0525. The van der Waals surface area contributed by atoms with Crippen LogP contribution in [0, 0.1) is 6.92 Å². The fourth-order valence-electron chi connectivity index (χ4n) is 3.21. The van der Waals surface area contributed by atoms with E-state index in [-0.39, 0.29) is 16.3 Å². The van der Waals surface area contributed by atoms with Gasteiger partial charge in [-0.1, -0.05) is 11.6 Å². The van der Waals surface area contributed by atoms with E-state index in [2.05, 4.69) is 5.10 Å². The van der Waals surface area contributed by atoms with Gasteiger partial charge in [0.05, 0.1) is 21.7 Å². The highest BCUT2D eigenvalue weighted by Gasteiger charge is 2.35. The van der Waals surface area contributed by atoms with E-state index in [1.807, 2.05) is 0 Å². The quantitative estimate of drug-likeness (QED) is 0.453. The lowest BCUT2D eigenvalue weighted by Crippen LogP contribution is -2.36. The van der Waals surface area contributed by atoms with Crippen LogP contribution >= 0.6 is 11.6 Å². The minimum Gasteiger partial charge on any atom is -0.456 e. The second-order valence-electron chi connectivity index (χ2n) is 9.03. The molecule has 0 unspecified atom stereocenters. The van der Waals surface area contributed by atoms with Crippen LogP contribution in [0.3, 0.4) is 0 Å². The molecule has 9 nitrogen and oxygen atoms in total. The average Bonchev–Trinajstić information content (AvgIpc) is 2.77. The molecule has 0 radical (unpaired) electrons. The molecule has 1 N–H and O–H groups in total. The number of alkyl halides is 3. The first-order valence-electron chi connectivity index (χ1n) is 10.8. The average molecular weight is 572 g/mol. The van der Waals surface area contributed by atoms with Gasteiger partial charge in [-0.15, -0.1) is 0 Å². The highest BCUT2D eigenvalue weighted by Crippen LogP contribution is 2.35. The zero-order valence-corrected chi connectivity index (χ0v) is 22.0. The lowest BCUT2D eigenvalue weighted by atomic mass is 10.1. The molecule has 38 heavy (non-hydrogen) atoms. The predicted molar refractivity (Wildman–Crippen MR) is 131 cm³/mol. The van der Waals surface area contributed by atoms with Crippen LogP contribution in [-0.4, -0.2) is 35.7 Å². The van der Waals surface area contributed by atoms with Gasteiger partial charge >= 0.3 is 12.1 Å². The molecule has 0 fully saturated rings. The number of carbonyl (C=O) groups is 2. The third-order valence-corrected chi connectivity index (χ3v) is 6.42. The molecule has 2 aromatic carbocycles. The van der Waals surface area contributed by atoms with Gasteiger partial charge in [0.25, 0.3) is 15.9 Å². The van der Waals surface area contributed by atoms with E-state index < -0.39 is 60.9 Å². The number of aromatic nitrogens is 2. The Balaban J connectivity index is 1.95. The summed E-state index contributed by atoms with van der Waals surface area (Å²) in [5, 5.41) is 3.51. The molecule has 0 aliphatic carbocycles. The topological polar surface area (TPSA) is 124 Å². The first-order valence-corrected chi connectivity index (χ1v) is 12.6. The van der Waals surface area contributed by atoms with Crippen molar-refractivity contribution in [3.63, 3.8) is 0 Å². The number of hydrogen-bond donors (Lipinski definition) is 1. The SMILES string of the molecule is Cc1cc(=O)c(C(=O)NS(=O)(=O)c2ccc(C(=O)OC(C)(C)C)cc2)nn1-c1ccc(Cl)cc1C(F)(F)F. The van der Waals surface area contributed by atoms with Crippen LogP contribution < -0.4 is 10.2 Å². The number of ether oxygens (including phenoxy) is 1. The van der Waals surface area contributed by atoms with Crippen LogP contribution in [0.1, 0.15) is 52.9 Å². The molecule has 0 spiro atoms. The largest absolute Gasteiger partial charge is 0.456 e. The molecule has 0 bridgehead atoms. The monoisotopic (exact) mass is 571 g/mol. The first kappa shape index (κ1) is 28.9. The van der Waals surface area contributed by atoms with Gasteiger partial charge in [-0.3, -0.25) is 9.59 Å². The predicted octanol–water partition coefficient (Wildman–Crippen LogP) is 4.29. The van der Waals surface area contributed by atoms with E-state index >= 15 is 0 Å². The molecule has 0 saturated heterocycles. The van der Waals surface area contributed by atoms with Gasteiger partial charge < -0.3 is 4.74 Å². The summed E-state index contributed by atoms with van der Waals surface area (Å²) >= 11 is 5.71. The maximum atomic E-state index is 13.6. The molecule has 1 aromatic heterocycles. The number of carbonyl (C=O) groups excluding carboxylic acids is 2. The van der Waals surface area contributed by atoms with E-state index in [4.69, 9.17) is 16.3 Å². The van der Waals surface area contributed by atoms with Crippen LogP contribution in [0.25, 0.3) is 5.69 Å². The van der Waals surface area contributed by atoms with Crippen LogP contribution in [0.2, 0.25) is 5.02 Å². The fourth-order valence-corrected chi connectivity index (χ4v) is 4.33. The van der Waals surface area contributed by atoms with Crippen LogP contribution in [0.5, 0.6) is 0 Å². The van der Waals surface area contributed by atoms with Crippen molar-refractivity contribution < 1.29 is 35.9 Å². The summed E-state index contributed by atoms with van der Waals surface area (Å²) in [4.78, 5) is 36.9. The van der Waals surface area contributed by atoms with Crippen LogP contribution in [0.4, 0.5) is 13.2 Å². The Morgan fingerprint density at radius 3 is 2.18 bits per heavy atom. The number of hydrogen-bond acceptors (Lipinski definition) is 7. The van der Waals surface area contributed by atoms with Crippen molar-refractivity contribution in [2.75, 3.05) is 0 Å². The van der Waals surface area contributed by atoms with Gasteiger partial charge in [-0.2, -0.15) is 18.3 Å². The normalized spacial score (nSPS) is 12.2. The number of nitrogens with zero attached hydrogens (tertiary/aromatic N) is 2. The summed E-state index contributed by atoms with van der Waals surface area (Å²) in [5.41, 5.74) is -4.49. The number of rotatable bonds is 5. The Hall–Kier alpha value is -3.71. The molecule has 0 atom stereocenters. The van der Waals surface area contributed by atoms with E-state index in [1.54, 1.807) is 25.5 Å². The first-order chi connectivity index (χ1) is 17.4. The van der Waals surface area contributed by atoms with Crippen LogP contribution in [-0.2, 0) is 20.9 Å². The lowest BCUT2D eigenvalue weighted by Gasteiger charge is -2.19. The Bertz CT molecular complexity index is 1580. The highest BCUT2D eigenvalue weighted by molar-refractivity contribution is 7.90. The number of benzene rings is 2. The maximum absolute atomic E-state index is 13.6. The van der Waals surface area contributed by atoms with E-state index in [9.17, 15) is 36.0 Å². The molecule has 0 aliphatic rings. The molecule has 1 amide bonds. The zero-order chi connectivity index (χ0) is 28.6. The lowest BCUT2D eigenvalue weighted by molar-refractivity contribution is -0.137. The number of nitrogens with one attached hydrogen (secondary N) is 1. The second-order valence-corrected chi connectivity index (χ2v) is 11.1. The number of sulfonamides is 1. The molecule has 14 heteroatoms. The number of aryl methyl sites for hydroxylation is 1. The zero-order valence-electron chi connectivity index (χ0n) is 20.4. The van der Waals surface area contributed by atoms with Crippen molar-refractivity contribution in [1.82, 2.24) is 14.5 Å². The summed E-state index contributed by atoms with van der Waals surface area (Å²) in [5.74, 6) is -2.17. The van der Waals surface area contributed by atoms with Gasteiger partial charge in [0, 0.05) is 16.8 Å². The number of esters is 1. The summed E-state index contributed by atoms with van der Waals surface area (Å²) in [6.07, 6.45) is -4.85. The molecule has 0 aliphatic heterocycles. The van der Waals surface area contributed by atoms with Gasteiger partial charge in [0.15, 0.2) is 5.69 Å². The molecule has 202 valence electrons.